The number of piperazine rings is 1. The van der Waals surface area contributed by atoms with E-state index in [9.17, 15) is 19.5 Å². The maximum atomic E-state index is 17.1. The van der Waals surface area contributed by atoms with Gasteiger partial charge in [-0.25, -0.2) is 4.39 Å². The first-order chi connectivity index (χ1) is 33.1. The third-order valence-corrected chi connectivity index (χ3v) is 15.3. The molecule has 0 bridgehead atoms. The van der Waals surface area contributed by atoms with Crippen molar-refractivity contribution < 1.29 is 33.4 Å². The van der Waals surface area contributed by atoms with E-state index in [0.717, 1.165) is 118 Å². The number of rotatable bonds is 12. The number of anilines is 2. The summed E-state index contributed by atoms with van der Waals surface area (Å²) in [6.45, 7) is 13.4. The quantitative estimate of drug-likeness (QED) is 0.142. The minimum Gasteiger partial charge on any atom is -0.508 e. The number of phenols is 1. The van der Waals surface area contributed by atoms with E-state index in [4.69, 9.17) is 24.4 Å². The normalized spacial score (nSPS) is 21.6. The van der Waals surface area contributed by atoms with Gasteiger partial charge in [-0.2, -0.15) is 9.97 Å². The van der Waals surface area contributed by atoms with Gasteiger partial charge in [0.2, 0.25) is 11.8 Å². The molecule has 6 aliphatic rings. The van der Waals surface area contributed by atoms with Gasteiger partial charge in [0.15, 0.2) is 5.82 Å². The maximum absolute atomic E-state index is 17.1. The molecule has 0 radical (unpaired) electrons. The lowest BCUT2D eigenvalue weighted by atomic mass is 9.94. The van der Waals surface area contributed by atoms with Crippen LogP contribution >= 0.6 is 0 Å². The second kappa shape index (κ2) is 18.5. The van der Waals surface area contributed by atoms with E-state index in [-0.39, 0.29) is 52.5 Å². The second-order valence-electron chi connectivity index (χ2n) is 19.9. The number of ether oxygens (including phenoxy) is 2. The summed E-state index contributed by atoms with van der Waals surface area (Å²) in [5.74, 6) is -0.0867. The topological polar surface area (TPSA) is 157 Å². The summed E-state index contributed by atoms with van der Waals surface area (Å²) in [5, 5.41) is 15.3. The molecule has 3 amide bonds. The minimum absolute atomic E-state index is 0.00511. The number of nitrogens with zero attached hydrogens (tertiary/aromatic N) is 8. The van der Waals surface area contributed by atoms with Crippen LogP contribution in [0.25, 0.3) is 32.9 Å². The van der Waals surface area contributed by atoms with Crippen molar-refractivity contribution in [2.75, 3.05) is 95.1 Å². The number of fused-ring (bicyclic) bond motifs is 3. The molecule has 1 aliphatic carbocycles. The summed E-state index contributed by atoms with van der Waals surface area (Å²) >= 11 is 0. The molecular weight excluding hydrogens is 866 g/mol. The van der Waals surface area contributed by atoms with Crippen LogP contribution in [-0.2, 0) is 27.3 Å². The molecule has 356 valence electrons. The van der Waals surface area contributed by atoms with Gasteiger partial charge in [0.1, 0.15) is 28.8 Å². The van der Waals surface area contributed by atoms with E-state index in [1.165, 1.54) is 0 Å². The molecule has 0 spiro atoms. The molecule has 1 saturated carbocycles. The van der Waals surface area contributed by atoms with Gasteiger partial charge in [0.05, 0.1) is 18.6 Å². The van der Waals surface area contributed by atoms with Gasteiger partial charge in [-0.1, -0.05) is 25.1 Å². The Morgan fingerprint density at radius 2 is 1.74 bits per heavy atom. The van der Waals surface area contributed by atoms with Gasteiger partial charge < -0.3 is 34.2 Å². The van der Waals surface area contributed by atoms with Crippen molar-refractivity contribution in [3.63, 3.8) is 0 Å². The fraction of sp³-hybridized carbons (Fsp3) is 0.500. The summed E-state index contributed by atoms with van der Waals surface area (Å²) < 4.78 is 29.4. The third kappa shape index (κ3) is 8.82. The summed E-state index contributed by atoms with van der Waals surface area (Å²) in [4.78, 5) is 63.2. The highest BCUT2D eigenvalue weighted by Crippen LogP contribution is 2.47. The monoisotopic (exact) mass is 925 g/mol. The van der Waals surface area contributed by atoms with Gasteiger partial charge in [-0.3, -0.25) is 29.6 Å². The Bertz CT molecular complexity index is 2760. The predicted molar refractivity (Wildman–Crippen MR) is 256 cm³/mol. The fourth-order valence-electron chi connectivity index (χ4n) is 11.3. The van der Waals surface area contributed by atoms with Gasteiger partial charge in [-0.05, 0) is 116 Å². The number of nitrogens with one attached hydrogen (secondary N) is 1. The predicted octanol–water partition coefficient (Wildman–Crippen LogP) is 5.93. The first-order valence-corrected chi connectivity index (χ1v) is 24.7. The van der Waals surface area contributed by atoms with Crippen molar-refractivity contribution >= 4 is 50.9 Å². The number of phenolic OH excluding ortho intramolecular Hbond substituents is 1. The summed E-state index contributed by atoms with van der Waals surface area (Å²) in [6.07, 6.45) is 8.26. The van der Waals surface area contributed by atoms with Crippen molar-refractivity contribution in [1.82, 2.24) is 35.0 Å². The van der Waals surface area contributed by atoms with Crippen molar-refractivity contribution in [3.05, 3.63) is 77.2 Å². The maximum Gasteiger partial charge on any atom is 0.319 e. The number of hydrogen-bond donors (Lipinski definition) is 2. The Labute approximate surface area is 395 Å². The average molecular weight is 926 g/mol. The lowest BCUT2D eigenvalue weighted by Crippen LogP contribution is -2.52. The van der Waals surface area contributed by atoms with Crippen molar-refractivity contribution in [3.8, 4) is 23.0 Å². The van der Waals surface area contributed by atoms with Crippen LogP contribution in [0.2, 0.25) is 0 Å². The molecule has 0 unspecified atom stereocenters. The Hall–Kier alpha value is -5.97. The molecule has 5 fully saturated rings. The average Bonchev–Trinajstić information content (AvgIpc) is 4.11. The fourth-order valence-corrected chi connectivity index (χ4v) is 11.3. The number of likely N-dealkylation sites (tertiary alicyclic amines) is 1. The number of halogens is 1. The van der Waals surface area contributed by atoms with Crippen LogP contribution in [0.15, 0.2) is 54.7 Å². The molecule has 2 N–H and O–H groups in total. The number of benzene rings is 3. The molecule has 1 atom stereocenters. The van der Waals surface area contributed by atoms with Crippen molar-refractivity contribution in [1.29, 1.82) is 0 Å². The zero-order chi connectivity index (χ0) is 46.5. The summed E-state index contributed by atoms with van der Waals surface area (Å²) in [5.41, 5.74) is 4.56. The molecule has 15 nitrogen and oxygen atoms in total. The molecular formula is C52H60FN9O6. The van der Waals surface area contributed by atoms with E-state index >= 15 is 4.39 Å². The van der Waals surface area contributed by atoms with Crippen LogP contribution in [0.3, 0.4) is 0 Å². The molecule has 16 heteroatoms. The second-order valence-corrected chi connectivity index (χ2v) is 19.9. The SMILES string of the molecule is CCc1cccc2cc(O)cc(-c3ncc4c(N5CCCOCC5)nc(OCC5(CN6CCC(CN7CCN(c8ccc9c(c8)CN([C@H]8CCC(=O)NC8=O)C9=O)CC7)CC6)CC5)nc4c3F)c12. The van der Waals surface area contributed by atoms with E-state index in [1.807, 2.05) is 30.3 Å². The number of carbonyl (C=O) groups is 3. The van der Waals surface area contributed by atoms with Gasteiger partial charge in [0, 0.05) is 100 Å². The Balaban J connectivity index is 0.711. The van der Waals surface area contributed by atoms with E-state index < -0.39 is 11.9 Å². The molecule has 7 heterocycles. The van der Waals surface area contributed by atoms with Crippen LogP contribution in [0.4, 0.5) is 15.9 Å². The number of aromatic nitrogens is 3. The molecule has 5 aromatic rings. The third-order valence-electron chi connectivity index (χ3n) is 15.3. The largest absolute Gasteiger partial charge is 0.508 e. The molecule has 3 aromatic carbocycles. The Morgan fingerprint density at radius 3 is 2.53 bits per heavy atom. The van der Waals surface area contributed by atoms with Crippen molar-refractivity contribution in [2.45, 2.75) is 70.9 Å². The molecule has 68 heavy (non-hydrogen) atoms. The molecule has 11 rings (SSSR count). The highest BCUT2D eigenvalue weighted by Gasteiger charge is 2.46. The molecule has 2 aromatic heterocycles. The lowest BCUT2D eigenvalue weighted by Gasteiger charge is -2.40. The number of imide groups is 1. The van der Waals surface area contributed by atoms with Gasteiger partial charge in [0.25, 0.3) is 5.91 Å². The molecule has 5 aliphatic heterocycles. The van der Waals surface area contributed by atoms with Crippen LogP contribution < -0.4 is 19.9 Å². The van der Waals surface area contributed by atoms with Crippen LogP contribution in [0.1, 0.15) is 73.4 Å². The standard InChI is InChI=1S/C52H60FN9O6/c1-2-34-5-3-6-35-26-38(63)27-40(44(34)35)46-45(53)47-41(28-54-46)48(61-15-4-23-67-24-22-61)57-51(56-47)68-32-52(13-14-52)31-59-16-11-33(12-17-59)29-58-18-20-60(21-19-58)37-7-8-39-36(25-37)30-62(50(39)66)42-9-10-43(64)55-49(42)65/h3,5-8,25-28,33,42,63H,2,4,9-24,29-32H2,1H3,(H,55,64,65)/t42-/m0/s1. The zero-order valence-corrected chi connectivity index (χ0v) is 38.9. The van der Waals surface area contributed by atoms with Gasteiger partial charge in [-0.15, -0.1) is 0 Å². The number of pyridine rings is 1. The number of hydrogen-bond acceptors (Lipinski definition) is 13. The number of aromatic hydroxyl groups is 1. The van der Waals surface area contributed by atoms with Crippen LogP contribution in [0, 0.1) is 17.2 Å². The van der Waals surface area contributed by atoms with Gasteiger partial charge >= 0.3 is 6.01 Å². The number of carbonyl (C=O) groups excluding carboxylic acids is 3. The van der Waals surface area contributed by atoms with Crippen LogP contribution in [-0.4, -0.2) is 144 Å². The highest BCUT2D eigenvalue weighted by molar-refractivity contribution is 6.06. The Kier molecular flexibility index (Phi) is 12.1. The number of piperidine rings is 2. The molecule has 4 saturated heterocycles. The smallest absolute Gasteiger partial charge is 0.319 e. The number of aryl methyl sites for hydroxylation is 1. The summed E-state index contributed by atoms with van der Waals surface area (Å²) in [6, 6.07) is 14.8. The van der Waals surface area contributed by atoms with Crippen molar-refractivity contribution in [2.24, 2.45) is 11.3 Å². The highest BCUT2D eigenvalue weighted by atomic mass is 19.1. The summed E-state index contributed by atoms with van der Waals surface area (Å²) in [7, 11) is 0. The van der Waals surface area contributed by atoms with Crippen LogP contribution in [0.5, 0.6) is 11.8 Å². The van der Waals surface area contributed by atoms with E-state index in [0.29, 0.717) is 74.1 Å². The van der Waals surface area contributed by atoms with E-state index in [1.54, 1.807) is 23.2 Å². The van der Waals surface area contributed by atoms with E-state index in [2.05, 4.69) is 37.9 Å². The minimum atomic E-state index is -0.608. The zero-order valence-electron chi connectivity index (χ0n) is 38.9. The first kappa shape index (κ1) is 44.5. The Morgan fingerprint density at radius 1 is 0.897 bits per heavy atom. The number of amides is 3. The first-order valence-electron chi connectivity index (χ1n) is 24.7. The lowest BCUT2D eigenvalue weighted by molar-refractivity contribution is -0.136.